The fourth-order valence-electron chi connectivity index (χ4n) is 2.21. The van der Waals surface area contributed by atoms with E-state index in [9.17, 15) is 9.36 Å². The molecule has 3 unspecified atom stereocenters. The molecule has 3 atom stereocenters. The summed E-state index contributed by atoms with van der Waals surface area (Å²) in [5, 5.41) is 0. The minimum atomic E-state index is -3.47. The molecule has 1 aliphatic heterocycles. The molecule has 104 valence electrons. The van der Waals surface area contributed by atoms with Crippen LogP contribution in [0.3, 0.4) is 0 Å². The topological polar surface area (TPSA) is 72.8 Å². The lowest BCUT2D eigenvalue weighted by molar-refractivity contribution is 0.0337. The van der Waals surface area contributed by atoms with Crippen LogP contribution in [-0.4, -0.2) is 23.6 Å². The zero-order chi connectivity index (χ0) is 14.0. The van der Waals surface area contributed by atoms with Crippen molar-refractivity contribution in [3.63, 3.8) is 0 Å². The van der Waals surface area contributed by atoms with Crippen LogP contribution >= 0.6 is 7.60 Å². The first kappa shape index (κ1) is 14.3. The van der Waals surface area contributed by atoms with Crippen molar-refractivity contribution >= 4 is 13.6 Å². The molecule has 2 rings (SSSR count). The van der Waals surface area contributed by atoms with Gasteiger partial charge in [-0.25, -0.2) is 4.79 Å². The first-order chi connectivity index (χ1) is 8.87. The van der Waals surface area contributed by atoms with Gasteiger partial charge in [-0.2, -0.15) is 0 Å². The first-order valence-electron chi connectivity index (χ1n) is 6.15. The highest BCUT2D eigenvalue weighted by Crippen LogP contribution is 2.40. The molecule has 0 aliphatic carbocycles. The van der Waals surface area contributed by atoms with Crippen LogP contribution in [0.5, 0.6) is 0 Å². The van der Waals surface area contributed by atoms with Gasteiger partial charge in [0.1, 0.15) is 6.10 Å². The molecule has 1 aromatic rings. The summed E-state index contributed by atoms with van der Waals surface area (Å²) in [5.74, 6) is -0.308. The normalized spacial score (nSPS) is 22.5. The molecule has 1 aromatic carbocycles. The van der Waals surface area contributed by atoms with Gasteiger partial charge in [-0.05, 0) is 25.8 Å². The maximum absolute atomic E-state index is 11.6. The zero-order valence-corrected chi connectivity index (χ0v) is 11.8. The highest BCUT2D eigenvalue weighted by molar-refractivity contribution is 7.51. The Bertz CT molecular complexity index is 522. The van der Waals surface area contributed by atoms with Crippen LogP contribution < -0.4 is 0 Å². The molecule has 1 aliphatic rings. The molecule has 0 amide bonds. The predicted octanol–water partition coefficient (Wildman–Crippen LogP) is 2.90. The zero-order valence-electron chi connectivity index (χ0n) is 10.9. The van der Waals surface area contributed by atoms with E-state index in [2.05, 4.69) is 0 Å². The Morgan fingerprint density at radius 1 is 1.47 bits per heavy atom. The second-order valence-corrected chi connectivity index (χ2v) is 6.59. The lowest BCUT2D eigenvalue weighted by atomic mass is 10.0. The SMILES string of the molecule is CC(CCC1OC(=O)c2ccccc21)OP(C)(=O)O. The van der Waals surface area contributed by atoms with E-state index in [4.69, 9.17) is 14.2 Å². The minimum absolute atomic E-state index is 0.287. The molecule has 0 radical (unpaired) electrons. The summed E-state index contributed by atoms with van der Waals surface area (Å²) in [6.07, 6.45) is 0.478. The van der Waals surface area contributed by atoms with Crippen LogP contribution in [0, 0.1) is 0 Å². The Morgan fingerprint density at radius 2 is 2.16 bits per heavy atom. The van der Waals surface area contributed by atoms with Gasteiger partial charge in [0.15, 0.2) is 0 Å². The molecule has 0 bridgehead atoms. The van der Waals surface area contributed by atoms with Crippen molar-refractivity contribution in [2.75, 3.05) is 6.66 Å². The van der Waals surface area contributed by atoms with Gasteiger partial charge in [0.2, 0.25) is 0 Å². The molecule has 0 spiro atoms. The van der Waals surface area contributed by atoms with E-state index in [0.29, 0.717) is 18.4 Å². The average molecular weight is 284 g/mol. The smallest absolute Gasteiger partial charge is 0.339 e. The van der Waals surface area contributed by atoms with Crippen LogP contribution in [0.15, 0.2) is 24.3 Å². The molecule has 6 heteroatoms. The van der Waals surface area contributed by atoms with Gasteiger partial charge in [0.25, 0.3) is 0 Å². The third-order valence-electron chi connectivity index (χ3n) is 2.99. The van der Waals surface area contributed by atoms with Crippen molar-refractivity contribution in [1.82, 2.24) is 0 Å². The summed E-state index contributed by atoms with van der Waals surface area (Å²) in [5.41, 5.74) is 1.48. The van der Waals surface area contributed by atoms with Crippen molar-refractivity contribution in [2.45, 2.75) is 32.0 Å². The van der Waals surface area contributed by atoms with E-state index >= 15 is 0 Å². The number of ether oxygens (including phenoxy) is 1. The predicted molar refractivity (Wildman–Crippen MR) is 70.1 cm³/mol. The van der Waals surface area contributed by atoms with Crippen LogP contribution in [0.4, 0.5) is 0 Å². The van der Waals surface area contributed by atoms with E-state index in [1.807, 2.05) is 12.1 Å². The number of fused-ring (bicyclic) bond motifs is 1. The number of hydrogen-bond acceptors (Lipinski definition) is 4. The Hall–Kier alpha value is -1.16. The number of carbonyl (C=O) groups is 1. The number of rotatable bonds is 5. The number of esters is 1. The number of benzene rings is 1. The molecule has 0 aromatic heterocycles. The van der Waals surface area contributed by atoms with Crippen molar-refractivity contribution < 1.29 is 23.5 Å². The monoisotopic (exact) mass is 284 g/mol. The lowest BCUT2D eigenvalue weighted by Crippen LogP contribution is -2.09. The highest BCUT2D eigenvalue weighted by atomic mass is 31.2. The second-order valence-electron chi connectivity index (χ2n) is 4.78. The van der Waals surface area contributed by atoms with E-state index < -0.39 is 7.60 Å². The summed E-state index contributed by atoms with van der Waals surface area (Å²) < 4.78 is 21.4. The van der Waals surface area contributed by atoms with E-state index in [0.717, 1.165) is 12.2 Å². The molecule has 19 heavy (non-hydrogen) atoms. The fraction of sp³-hybridized carbons (Fsp3) is 0.462. The largest absolute Gasteiger partial charge is 0.454 e. The van der Waals surface area contributed by atoms with Gasteiger partial charge in [-0.1, -0.05) is 18.2 Å². The summed E-state index contributed by atoms with van der Waals surface area (Å²) in [6.45, 7) is 2.89. The van der Waals surface area contributed by atoms with Gasteiger partial charge >= 0.3 is 13.6 Å². The van der Waals surface area contributed by atoms with E-state index in [1.165, 1.54) is 0 Å². The third-order valence-corrected chi connectivity index (χ3v) is 3.74. The molecule has 1 heterocycles. The summed E-state index contributed by atoms with van der Waals surface area (Å²) in [4.78, 5) is 20.7. The Labute approximate surface area is 112 Å². The van der Waals surface area contributed by atoms with Crippen LogP contribution in [0.1, 0.15) is 41.8 Å². The van der Waals surface area contributed by atoms with Crippen molar-refractivity contribution in [2.24, 2.45) is 0 Å². The average Bonchev–Trinajstić information content (AvgIpc) is 2.62. The van der Waals surface area contributed by atoms with E-state index in [-0.39, 0.29) is 18.2 Å². The highest BCUT2D eigenvalue weighted by Gasteiger charge is 2.30. The van der Waals surface area contributed by atoms with Crippen molar-refractivity contribution in [3.8, 4) is 0 Å². The molecular weight excluding hydrogens is 267 g/mol. The summed E-state index contributed by atoms with van der Waals surface area (Å²) >= 11 is 0. The van der Waals surface area contributed by atoms with Crippen LogP contribution in [-0.2, 0) is 13.8 Å². The summed E-state index contributed by atoms with van der Waals surface area (Å²) in [7, 11) is -3.47. The Balaban J connectivity index is 1.95. The van der Waals surface area contributed by atoms with Crippen LogP contribution in [0.2, 0.25) is 0 Å². The molecule has 0 saturated heterocycles. The molecule has 0 fully saturated rings. The molecule has 1 N–H and O–H groups in total. The minimum Gasteiger partial charge on any atom is -0.454 e. The number of cyclic esters (lactones) is 1. The Kier molecular flexibility index (Phi) is 4.09. The van der Waals surface area contributed by atoms with E-state index in [1.54, 1.807) is 19.1 Å². The first-order valence-corrected chi connectivity index (χ1v) is 8.18. The fourth-order valence-corrected chi connectivity index (χ4v) is 2.98. The van der Waals surface area contributed by atoms with Crippen LogP contribution in [0.25, 0.3) is 0 Å². The standard InChI is InChI=1S/C13H17O5P/c1-9(18-19(2,15)16)7-8-12-10-5-3-4-6-11(10)13(14)17-12/h3-6,9,12H,7-8H2,1-2H3,(H,15,16). The van der Waals surface area contributed by atoms with Gasteiger partial charge in [-0.15, -0.1) is 0 Å². The molecule has 5 nitrogen and oxygen atoms in total. The number of hydrogen-bond donors (Lipinski definition) is 1. The molecule has 0 saturated carbocycles. The number of carbonyl (C=O) groups excluding carboxylic acids is 1. The Morgan fingerprint density at radius 3 is 2.84 bits per heavy atom. The second kappa shape index (κ2) is 5.45. The van der Waals surface area contributed by atoms with Crippen molar-refractivity contribution in [1.29, 1.82) is 0 Å². The van der Waals surface area contributed by atoms with Gasteiger partial charge in [0, 0.05) is 12.2 Å². The summed E-state index contributed by atoms with van der Waals surface area (Å²) in [6, 6.07) is 7.27. The quantitative estimate of drug-likeness (QED) is 0.664. The maximum atomic E-state index is 11.6. The third kappa shape index (κ3) is 3.66. The van der Waals surface area contributed by atoms with Gasteiger partial charge < -0.3 is 14.2 Å². The van der Waals surface area contributed by atoms with Gasteiger partial charge in [0.05, 0.1) is 11.7 Å². The van der Waals surface area contributed by atoms with Crippen molar-refractivity contribution in [3.05, 3.63) is 35.4 Å². The molecular formula is C13H17O5P. The maximum Gasteiger partial charge on any atom is 0.339 e. The lowest BCUT2D eigenvalue weighted by Gasteiger charge is -2.17. The van der Waals surface area contributed by atoms with Gasteiger partial charge in [-0.3, -0.25) is 4.57 Å².